The normalized spacial score (nSPS) is 11.4. The van der Waals surface area contributed by atoms with Gasteiger partial charge in [0, 0.05) is 5.02 Å². The van der Waals surface area contributed by atoms with Crippen molar-refractivity contribution in [2.24, 2.45) is 0 Å². The van der Waals surface area contributed by atoms with Gasteiger partial charge >= 0.3 is 6.18 Å². The molecule has 11 heteroatoms. The largest absolute Gasteiger partial charge is 0.486 e. The average molecular weight is 395 g/mol. The molecule has 0 radical (unpaired) electrons. The Labute approximate surface area is 150 Å². The highest BCUT2D eigenvalue weighted by atomic mass is 35.5. The predicted molar refractivity (Wildman–Crippen MR) is 86.7 cm³/mol. The molecule has 0 bridgehead atoms. The van der Waals surface area contributed by atoms with E-state index >= 15 is 0 Å². The lowest BCUT2D eigenvalue weighted by atomic mass is 10.2. The van der Waals surface area contributed by atoms with E-state index in [-0.39, 0.29) is 17.5 Å². The topological polar surface area (TPSA) is 79.9 Å². The highest BCUT2D eigenvalue weighted by Crippen LogP contribution is 2.21. The van der Waals surface area contributed by atoms with E-state index in [2.05, 4.69) is 15.2 Å². The number of nitrogens with one attached hydrogen (secondary N) is 2. The van der Waals surface area contributed by atoms with E-state index in [4.69, 9.17) is 16.3 Å². The van der Waals surface area contributed by atoms with Crippen LogP contribution in [0.3, 0.4) is 0 Å². The number of carbonyl (C=O) groups is 1. The van der Waals surface area contributed by atoms with Crippen molar-refractivity contribution in [3.63, 3.8) is 0 Å². The first-order chi connectivity index (χ1) is 11.7. The van der Waals surface area contributed by atoms with Crippen molar-refractivity contribution in [2.45, 2.75) is 24.9 Å². The van der Waals surface area contributed by atoms with Crippen molar-refractivity contribution in [3.8, 4) is 5.75 Å². The number of aromatic amines is 1. The molecule has 1 aromatic carbocycles. The Morgan fingerprint density at radius 1 is 1.44 bits per heavy atom. The van der Waals surface area contributed by atoms with Crippen molar-refractivity contribution in [1.29, 1.82) is 0 Å². The zero-order valence-corrected chi connectivity index (χ0v) is 14.6. The van der Waals surface area contributed by atoms with Crippen LogP contribution in [0.15, 0.2) is 23.4 Å². The summed E-state index contributed by atoms with van der Waals surface area (Å²) < 4.78 is 41.5. The van der Waals surface area contributed by atoms with Gasteiger partial charge in [0.1, 0.15) is 18.9 Å². The molecule has 136 valence electrons. The van der Waals surface area contributed by atoms with E-state index in [1.165, 1.54) is 0 Å². The van der Waals surface area contributed by atoms with Gasteiger partial charge in [0.05, 0.1) is 5.75 Å². The van der Waals surface area contributed by atoms with Crippen LogP contribution in [0.2, 0.25) is 5.02 Å². The number of thioether (sulfide) groups is 1. The van der Waals surface area contributed by atoms with Crippen molar-refractivity contribution in [1.82, 2.24) is 20.5 Å². The standard InChI is InChI=1S/C14H14ClF3N4O2S/c1-8-4-9(2-3-10(8)15)24-5-11-20-13(22-21-11)25-6-12(23)19-7-14(16,17)18/h2-4H,5-7H2,1H3,(H,19,23)(H,20,21,22). The van der Waals surface area contributed by atoms with Gasteiger partial charge < -0.3 is 10.1 Å². The molecule has 25 heavy (non-hydrogen) atoms. The average Bonchev–Trinajstić information content (AvgIpc) is 2.99. The summed E-state index contributed by atoms with van der Waals surface area (Å²) in [6.45, 7) is 0.608. The summed E-state index contributed by atoms with van der Waals surface area (Å²) in [5.74, 6) is 0.0661. The van der Waals surface area contributed by atoms with E-state index in [9.17, 15) is 18.0 Å². The molecular weight excluding hydrogens is 381 g/mol. The minimum absolute atomic E-state index is 0.120. The number of rotatable bonds is 7. The number of aryl methyl sites for hydroxylation is 1. The molecule has 0 aliphatic carbocycles. The molecule has 2 N–H and O–H groups in total. The molecule has 0 unspecified atom stereocenters. The van der Waals surface area contributed by atoms with E-state index in [1.54, 1.807) is 23.5 Å². The van der Waals surface area contributed by atoms with Crippen molar-refractivity contribution < 1.29 is 22.7 Å². The predicted octanol–water partition coefficient (Wildman–Crippen LogP) is 3.12. The summed E-state index contributed by atoms with van der Waals surface area (Å²) in [5.41, 5.74) is 0.873. The zero-order valence-electron chi connectivity index (χ0n) is 13.0. The number of hydrogen-bond donors (Lipinski definition) is 2. The van der Waals surface area contributed by atoms with Crippen molar-refractivity contribution in [2.75, 3.05) is 12.3 Å². The summed E-state index contributed by atoms with van der Waals surface area (Å²) in [6, 6.07) is 5.21. The number of ether oxygens (including phenoxy) is 1. The van der Waals surface area contributed by atoms with Crippen LogP contribution in [0.1, 0.15) is 11.4 Å². The lowest BCUT2D eigenvalue weighted by Gasteiger charge is -2.07. The Balaban J connectivity index is 1.78. The fraction of sp³-hybridized carbons (Fsp3) is 0.357. The van der Waals surface area contributed by atoms with Gasteiger partial charge in [-0.05, 0) is 30.7 Å². The molecule has 1 amide bonds. The van der Waals surface area contributed by atoms with Crippen molar-refractivity contribution >= 4 is 29.3 Å². The molecule has 1 heterocycles. The quantitative estimate of drug-likeness (QED) is 0.705. The maximum Gasteiger partial charge on any atom is 0.405 e. The molecule has 0 saturated heterocycles. The molecule has 0 aliphatic heterocycles. The van der Waals surface area contributed by atoms with Gasteiger partial charge in [-0.25, -0.2) is 4.98 Å². The van der Waals surface area contributed by atoms with Gasteiger partial charge in [0.15, 0.2) is 5.82 Å². The fourth-order valence-electron chi connectivity index (χ4n) is 1.65. The van der Waals surface area contributed by atoms with Gasteiger partial charge in [-0.2, -0.15) is 13.2 Å². The smallest absolute Gasteiger partial charge is 0.405 e. The lowest BCUT2D eigenvalue weighted by Crippen LogP contribution is -2.34. The van der Waals surface area contributed by atoms with Crippen LogP contribution in [0.25, 0.3) is 0 Å². The molecular formula is C14H14ClF3N4O2S. The second kappa shape index (κ2) is 8.43. The lowest BCUT2D eigenvalue weighted by molar-refractivity contribution is -0.136. The second-order valence-electron chi connectivity index (χ2n) is 4.94. The molecule has 6 nitrogen and oxygen atoms in total. The van der Waals surface area contributed by atoms with E-state index < -0.39 is 18.6 Å². The molecule has 1 aromatic heterocycles. The van der Waals surface area contributed by atoms with E-state index in [0.717, 1.165) is 17.3 Å². The van der Waals surface area contributed by atoms with Crippen LogP contribution < -0.4 is 10.1 Å². The number of nitrogens with zero attached hydrogens (tertiary/aromatic N) is 2. The summed E-state index contributed by atoms with van der Waals surface area (Å²) in [4.78, 5) is 15.4. The number of H-pyrrole nitrogens is 1. The Morgan fingerprint density at radius 2 is 2.20 bits per heavy atom. The minimum atomic E-state index is -4.44. The summed E-state index contributed by atoms with van der Waals surface area (Å²) in [7, 11) is 0. The number of carbonyl (C=O) groups excluding carboxylic acids is 1. The van der Waals surface area contributed by atoms with Gasteiger partial charge in [-0.15, -0.1) is 5.10 Å². The third-order valence-corrected chi connectivity index (χ3v) is 4.11. The SMILES string of the molecule is Cc1cc(OCc2nc(SCC(=O)NCC(F)(F)F)n[nH]2)ccc1Cl. The zero-order chi connectivity index (χ0) is 18.4. The summed E-state index contributed by atoms with van der Waals surface area (Å²) >= 11 is 6.85. The molecule has 0 aliphatic rings. The number of amides is 1. The Bertz CT molecular complexity index is 739. The minimum Gasteiger partial charge on any atom is -0.486 e. The molecule has 0 spiro atoms. The highest BCUT2D eigenvalue weighted by Gasteiger charge is 2.27. The first kappa shape index (κ1) is 19.4. The third-order valence-electron chi connectivity index (χ3n) is 2.83. The number of alkyl halides is 3. The highest BCUT2D eigenvalue weighted by molar-refractivity contribution is 7.99. The van der Waals surface area contributed by atoms with Gasteiger partial charge in [-0.3, -0.25) is 9.89 Å². The van der Waals surface area contributed by atoms with E-state index in [1.807, 2.05) is 6.92 Å². The molecule has 2 rings (SSSR count). The van der Waals surface area contributed by atoms with Gasteiger partial charge in [0.2, 0.25) is 11.1 Å². The first-order valence-corrected chi connectivity index (χ1v) is 8.36. The molecule has 2 aromatic rings. The maximum atomic E-state index is 12.0. The number of hydrogen-bond acceptors (Lipinski definition) is 5. The molecule has 0 atom stereocenters. The fourth-order valence-corrected chi connectivity index (χ4v) is 2.41. The van der Waals surface area contributed by atoms with Crippen LogP contribution >= 0.6 is 23.4 Å². The van der Waals surface area contributed by atoms with Crippen LogP contribution in [0, 0.1) is 6.92 Å². The van der Waals surface area contributed by atoms with Crippen LogP contribution in [-0.4, -0.2) is 39.6 Å². The van der Waals surface area contributed by atoms with E-state index in [0.29, 0.717) is 16.6 Å². The molecule has 0 fully saturated rings. The first-order valence-electron chi connectivity index (χ1n) is 6.99. The van der Waals surface area contributed by atoms with Crippen LogP contribution in [0.5, 0.6) is 5.75 Å². The number of aromatic nitrogens is 3. The monoisotopic (exact) mass is 394 g/mol. The summed E-state index contributed by atoms with van der Waals surface area (Å²) in [5, 5.41) is 9.15. The third kappa shape index (κ3) is 6.83. The maximum absolute atomic E-state index is 12.0. The van der Waals surface area contributed by atoms with Crippen LogP contribution in [0.4, 0.5) is 13.2 Å². The second-order valence-corrected chi connectivity index (χ2v) is 6.29. The Hall–Kier alpha value is -1.94. The molecule has 0 saturated carbocycles. The summed E-state index contributed by atoms with van der Waals surface area (Å²) in [6.07, 6.45) is -4.44. The number of halogens is 4. The van der Waals surface area contributed by atoms with Gasteiger partial charge in [-0.1, -0.05) is 23.4 Å². The van der Waals surface area contributed by atoms with Crippen molar-refractivity contribution in [3.05, 3.63) is 34.6 Å². The van der Waals surface area contributed by atoms with Gasteiger partial charge in [0.25, 0.3) is 0 Å². The number of benzene rings is 1. The Kier molecular flexibility index (Phi) is 6.54. The van der Waals surface area contributed by atoms with Crippen LogP contribution in [-0.2, 0) is 11.4 Å². The Morgan fingerprint density at radius 3 is 2.88 bits per heavy atom.